The Morgan fingerprint density at radius 3 is 1.31 bits per heavy atom. The number of rotatable bonds is 5. The maximum atomic E-state index is 10.1. The second kappa shape index (κ2) is 10.6. The number of carboxylic acids is 3. The van der Waals surface area contributed by atoms with Gasteiger partial charge in [0.1, 0.15) is 5.60 Å². The van der Waals surface area contributed by atoms with Gasteiger partial charge in [-0.1, -0.05) is 0 Å². The Hall–Kier alpha value is 0.504. The van der Waals surface area contributed by atoms with E-state index < -0.39 is 36.4 Å². The van der Waals surface area contributed by atoms with Gasteiger partial charge in [-0.2, -0.15) is 0 Å². The Kier molecular flexibility index (Phi) is 16.9. The summed E-state index contributed by atoms with van der Waals surface area (Å²) in [5, 5.41) is 38.9. The van der Waals surface area contributed by atoms with E-state index in [1.807, 2.05) is 0 Å². The molecule has 86 valence electrons. The molecule has 7 nitrogen and oxygen atoms in total. The molecular weight excluding hydrogens is 634 g/mol. The van der Waals surface area contributed by atoms with Crippen molar-refractivity contribution >= 4 is 72.5 Å². The van der Waals surface area contributed by atoms with Crippen molar-refractivity contribution in [1.29, 1.82) is 0 Å². The van der Waals surface area contributed by atoms with E-state index in [1.165, 1.54) is 0 Å². The fourth-order valence-corrected chi connectivity index (χ4v) is 0.684. The topological polar surface area (TPSA) is 141 Å². The van der Waals surface area contributed by atoms with E-state index in [9.17, 15) is 29.7 Å². The minimum atomic E-state index is -2.97. The predicted octanol–water partition coefficient (Wildman–Crippen LogP) is -9.01. The molecule has 0 aliphatic rings. The SMILES string of the molecule is O=C([O-])CC(O)(CC(=O)[O-])C(=O)[O-].[Cl-].[Pb+2].[Pb+2]. The molecular formula is C6H5ClO7Pb2. The molecule has 0 saturated heterocycles. The smallest absolute Gasteiger partial charge is 1.00 e. The van der Waals surface area contributed by atoms with Crippen LogP contribution in [0.15, 0.2) is 0 Å². The summed E-state index contributed by atoms with van der Waals surface area (Å²) in [5.74, 6) is -5.98. The fourth-order valence-electron chi connectivity index (χ4n) is 0.684. The summed E-state index contributed by atoms with van der Waals surface area (Å²) >= 11 is 0. The second-order valence-electron chi connectivity index (χ2n) is 2.42. The number of carbonyl (C=O) groups is 3. The van der Waals surface area contributed by atoms with Crippen LogP contribution < -0.4 is 27.7 Å². The van der Waals surface area contributed by atoms with Crippen molar-refractivity contribution in [3.63, 3.8) is 0 Å². The molecule has 0 atom stereocenters. The zero-order valence-electron chi connectivity index (χ0n) is 7.69. The molecule has 0 aromatic heterocycles. The van der Waals surface area contributed by atoms with E-state index in [0.29, 0.717) is 0 Å². The van der Waals surface area contributed by atoms with E-state index in [-0.39, 0.29) is 67.0 Å². The maximum absolute atomic E-state index is 10.1. The summed E-state index contributed by atoms with van der Waals surface area (Å²) < 4.78 is 0. The molecule has 0 aromatic carbocycles. The Morgan fingerprint density at radius 2 is 1.19 bits per heavy atom. The zero-order chi connectivity index (χ0) is 10.6. The molecule has 0 aliphatic carbocycles. The summed E-state index contributed by atoms with van der Waals surface area (Å²) in [7, 11) is 0. The zero-order valence-corrected chi connectivity index (χ0v) is 16.2. The number of carboxylic acid groups (broad SMARTS) is 3. The quantitative estimate of drug-likeness (QED) is 0.295. The molecule has 0 spiro atoms. The number of aliphatic carboxylic acids is 3. The van der Waals surface area contributed by atoms with Crippen molar-refractivity contribution in [3.05, 3.63) is 0 Å². The van der Waals surface area contributed by atoms with Crippen LogP contribution in [-0.4, -0.2) is 83.2 Å². The third-order valence-electron chi connectivity index (χ3n) is 1.25. The number of carbonyl (C=O) groups excluding carboxylic acids is 3. The molecule has 0 fully saturated rings. The molecule has 4 radical (unpaired) electrons. The van der Waals surface area contributed by atoms with E-state index in [1.54, 1.807) is 0 Å². The first-order valence-electron chi connectivity index (χ1n) is 3.11. The minimum Gasteiger partial charge on any atom is -1.00 e. The molecule has 16 heavy (non-hydrogen) atoms. The Balaban J connectivity index is -0.000000240. The molecule has 0 unspecified atom stereocenters. The first-order chi connectivity index (χ1) is 5.78. The Labute approximate surface area is 137 Å². The number of aliphatic hydroxyl groups is 1. The molecule has 0 saturated carbocycles. The molecule has 1 N–H and O–H groups in total. The van der Waals surface area contributed by atoms with E-state index in [2.05, 4.69) is 0 Å². The summed E-state index contributed by atoms with van der Waals surface area (Å²) in [6.07, 6.45) is -2.72. The summed E-state index contributed by atoms with van der Waals surface area (Å²) in [6, 6.07) is 0. The fraction of sp³-hybridized carbons (Fsp3) is 0.500. The Morgan fingerprint density at radius 1 is 0.938 bits per heavy atom. The van der Waals surface area contributed by atoms with Gasteiger partial charge in [-0.25, -0.2) is 0 Å². The van der Waals surface area contributed by atoms with Gasteiger partial charge in [0, 0.05) is 24.8 Å². The Bertz CT molecular complexity index is 241. The van der Waals surface area contributed by atoms with Gasteiger partial charge < -0.3 is 47.2 Å². The van der Waals surface area contributed by atoms with Crippen molar-refractivity contribution in [2.45, 2.75) is 18.4 Å². The van der Waals surface area contributed by atoms with Crippen LogP contribution in [0, 0.1) is 0 Å². The van der Waals surface area contributed by atoms with Gasteiger partial charge in [0.15, 0.2) is 0 Å². The summed E-state index contributed by atoms with van der Waals surface area (Å²) in [5.41, 5.74) is -2.97. The normalized spacial score (nSPS) is 8.81. The van der Waals surface area contributed by atoms with Gasteiger partial charge in [0.2, 0.25) is 0 Å². The van der Waals surface area contributed by atoms with Crippen molar-refractivity contribution < 1.29 is 47.2 Å². The van der Waals surface area contributed by atoms with E-state index >= 15 is 0 Å². The molecule has 0 amide bonds. The monoisotopic (exact) mass is 640 g/mol. The largest absolute Gasteiger partial charge is 2.00 e. The standard InChI is InChI=1S/C6H8O7.ClH.2Pb/c7-3(8)1-6(13,5(11)12)2-4(9)10;;;/h13H,1-2H2,(H,7,8)(H,9,10)(H,11,12);1H;;/q;;2*+2/p-4. The number of hydrogen-bond donors (Lipinski definition) is 1. The average molecular weight is 639 g/mol. The third kappa shape index (κ3) is 9.71. The van der Waals surface area contributed by atoms with Gasteiger partial charge in [-0.05, 0) is 0 Å². The van der Waals surface area contributed by atoms with Crippen LogP contribution in [0.1, 0.15) is 12.8 Å². The molecule has 0 bridgehead atoms. The second-order valence-corrected chi connectivity index (χ2v) is 2.42. The van der Waals surface area contributed by atoms with Gasteiger partial charge in [-0.3, -0.25) is 0 Å². The van der Waals surface area contributed by atoms with Crippen molar-refractivity contribution in [3.8, 4) is 0 Å². The third-order valence-corrected chi connectivity index (χ3v) is 1.25. The van der Waals surface area contributed by atoms with Crippen LogP contribution in [0.3, 0.4) is 0 Å². The molecule has 0 aliphatic heterocycles. The van der Waals surface area contributed by atoms with Crippen LogP contribution in [0.25, 0.3) is 0 Å². The predicted molar refractivity (Wildman–Crippen MR) is 40.7 cm³/mol. The maximum Gasteiger partial charge on any atom is 2.00 e. The van der Waals surface area contributed by atoms with Gasteiger partial charge >= 0.3 is 54.6 Å². The van der Waals surface area contributed by atoms with Crippen LogP contribution in [0.4, 0.5) is 0 Å². The summed E-state index contributed by atoms with van der Waals surface area (Å²) in [4.78, 5) is 30.0. The summed E-state index contributed by atoms with van der Waals surface area (Å²) in [6.45, 7) is 0. The first kappa shape index (κ1) is 25.4. The van der Waals surface area contributed by atoms with Crippen LogP contribution >= 0.6 is 0 Å². The van der Waals surface area contributed by atoms with Gasteiger partial charge in [0.05, 0.1) is 5.97 Å². The van der Waals surface area contributed by atoms with Crippen molar-refractivity contribution in [2.24, 2.45) is 0 Å². The molecule has 10 heteroatoms. The average Bonchev–Trinajstić information content (AvgIpc) is 1.82. The van der Waals surface area contributed by atoms with Crippen molar-refractivity contribution in [1.82, 2.24) is 0 Å². The first-order valence-corrected chi connectivity index (χ1v) is 3.11. The number of hydrogen-bond acceptors (Lipinski definition) is 7. The van der Waals surface area contributed by atoms with Gasteiger partial charge in [-0.15, -0.1) is 0 Å². The van der Waals surface area contributed by atoms with Crippen LogP contribution in [0.2, 0.25) is 0 Å². The molecule has 0 aromatic rings. The van der Waals surface area contributed by atoms with E-state index in [4.69, 9.17) is 5.11 Å². The van der Waals surface area contributed by atoms with Crippen LogP contribution in [-0.2, 0) is 14.4 Å². The van der Waals surface area contributed by atoms with Crippen LogP contribution in [0.5, 0.6) is 0 Å². The molecule has 0 heterocycles. The van der Waals surface area contributed by atoms with Gasteiger partial charge in [0.25, 0.3) is 0 Å². The van der Waals surface area contributed by atoms with E-state index in [0.717, 1.165) is 0 Å². The molecule has 0 rings (SSSR count). The minimum absolute atomic E-state index is 0. The number of halogens is 1. The van der Waals surface area contributed by atoms with Crippen molar-refractivity contribution in [2.75, 3.05) is 0 Å².